The smallest absolute Gasteiger partial charge is 0.255 e. The predicted octanol–water partition coefficient (Wildman–Crippen LogP) is 2.64. The first-order chi connectivity index (χ1) is 11.7. The molecule has 1 aromatic heterocycles. The van der Waals surface area contributed by atoms with Crippen molar-refractivity contribution in [3.63, 3.8) is 0 Å². The van der Waals surface area contributed by atoms with E-state index in [1.807, 2.05) is 37.3 Å². The molecule has 0 atom stereocenters. The fourth-order valence-corrected chi connectivity index (χ4v) is 2.49. The third kappa shape index (κ3) is 3.98. The van der Waals surface area contributed by atoms with Crippen LogP contribution in [0.1, 0.15) is 46.0 Å². The monoisotopic (exact) mass is 323 g/mol. The van der Waals surface area contributed by atoms with Crippen molar-refractivity contribution >= 4 is 11.8 Å². The van der Waals surface area contributed by atoms with E-state index in [1.54, 1.807) is 11.0 Å². The van der Waals surface area contributed by atoms with Gasteiger partial charge >= 0.3 is 0 Å². The minimum absolute atomic E-state index is 0.116. The number of nitrogens with one attached hydrogen (secondary N) is 1. The zero-order valence-electron chi connectivity index (χ0n) is 13.7. The summed E-state index contributed by atoms with van der Waals surface area (Å²) in [5, 5.41) is 2.92. The molecule has 1 fully saturated rings. The van der Waals surface area contributed by atoms with E-state index in [9.17, 15) is 9.59 Å². The van der Waals surface area contributed by atoms with Crippen molar-refractivity contribution < 1.29 is 9.59 Å². The summed E-state index contributed by atoms with van der Waals surface area (Å²) < 4.78 is 0. The maximum absolute atomic E-state index is 12.7. The summed E-state index contributed by atoms with van der Waals surface area (Å²) >= 11 is 0. The van der Waals surface area contributed by atoms with Crippen LogP contribution in [-0.4, -0.2) is 34.3 Å². The highest BCUT2D eigenvalue weighted by Crippen LogP contribution is 2.19. The van der Waals surface area contributed by atoms with E-state index in [0.29, 0.717) is 24.2 Å². The highest BCUT2D eigenvalue weighted by Gasteiger charge is 2.24. The number of amides is 2. The van der Waals surface area contributed by atoms with Crippen LogP contribution in [0, 0.1) is 0 Å². The molecule has 0 saturated heterocycles. The molecular weight excluding hydrogens is 302 g/mol. The molecule has 0 unspecified atom stereocenters. The van der Waals surface area contributed by atoms with E-state index < -0.39 is 0 Å². The molecule has 1 saturated carbocycles. The zero-order chi connectivity index (χ0) is 16.9. The molecule has 3 rings (SSSR count). The lowest BCUT2D eigenvalue weighted by Gasteiger charge is -2.21. The van der Waals surface area contributed by atoms with Crippen molar-refractivity contribution in [3.8, 4) is 0 Å². The molecule has 1 N–H and O–H groups in total. The molecule has 0 bridgehead atoms. The van der Waals surface area contributed by atoms with Crippen LogP contribution < -0.4 is 5.32 Å². The van der Waals surface area contributed by atoms with Gasteiger partial charge in [0.1, 0.15) is 0 Å². The number of benzene rings is 1. The molecule has 1 aromatic carbocycles. The zero-order valence-corrected chi connectivity index (χ0v) is 13.7. The molecule has 2 amide bonds. The molecule has 5 nitrogen and oxygen atoms in total. The number of nitrogens with zero attached hydrogens (tertiary/aromatic N) is 2. The van der Waals surface area contributed by atoms with Gasteiger partial charge in [0.05, 0.1) is 11.1 Å². The minimum atomic E-state index is -0.161. The summed E-state index contributed by atoms with van der Waals surface area (Å²) in [5.74, 6) is -0.277. The highest BCUT2D eigenvalue weighted by atomic mass is 16.2. The first-order valence-electron chi connectivity index (χ1n) is 8.26. The van der Waals surface area contributed by atoms with Gasteiger partial charge in [-0.05, 0) is 31.4 Å². The number of rotatable bonds is 6. The van der Waals surface area contributed by atoms with Gasteiger partial charge in [-0.15, -0.1) is 0 Å². The van der Waals surface area contributed by atoms with E-state index in [-0.39, 0.29) is 17.9 Å². The predicted molar refractivity (Wildman–Crippen MR) is 91.6 cm³/mol. The third-order valence-electron chi connectivity index (χ3n) is 4.05. The summed E-state index contributed by atoms with van der Waals surface area (Å²) in [6.45, 7) is 3.07. The molecule has 124 valence electrons. The summed E-state index contributed by atoms with van der Waals surface area (Å²) in [6, 6.07) is 11.8. The van der Waals surface area contributed by atoms with Crippen LogP contribution >= 0.6 is 0 Å². The summed E-state index contributed by atoms with van der Waals surface area (Å²) in [7, 11) is 0. The number of carbonyl (C=O) groups excluding carboxylic acids is 2. The molecule has 0 spiro atoms. The van der Waals surface area contributed by atoms with Gasteiger partial charge in [0.2, 0.25) is 0 Å². The Hall–Kier alpha value is -2.69. The Morgan fingerprint density at radius 3 is 2.54 bits per heavy atom. The number of pyridine rings is 1. The lowest BCUT2D eigenvalue weighted by atomic mass is 10.1. The second-order valence-electron chi connectivity index (χ2n) is 6.01. The summed E-state index contributed by atoms with van der Waals surface area (Å²) in [6.07, 6.45) is 5.07. The molecule has 1 aliphatic rings. The van der Waals surface area contributed by atoms with Crippen molar-refractivity contribution in [1.29, 1.82) is 0 Å². The van der Waals surface area contributed by atoms with E-state index in [1.165, 1.54) is 12.4 Å². The van der Waals surface area contributed by atoms with Crippen molar-refractivity contribution in [3.05, 3.63) is 65.5 Å². The van der Waals surface area contributed by atoms with E-state index >= 15 is 0 Å². The average Bonchev–Trinajstić information content (AvgIpc) is 3.44. The Morgan fingerprint density at radius 1 is 1.17 bits per heavy atom. The third-order valence-corrected chi connectivity index (χ3v) is 4.05. The number of carbonyl (C=O) groups is 2. The SMILES string of the molecule is CCN(Cc1ccccc1)C(=O)c1cncc(C(=O)NC2CC2)c1. The molecule has 2 aromatic rings. The standard InChI is InChI=1S/C19H21N3O2/c1-2-22(13-14-6-4-3-5-7-14)19(24)16-10-15(11-20-12-16)18(23)21-17-8-9-17/h3-7,10-12,17H,2,8-9,13H2,1H3,(H,21,23). The van der Waals surface area contributed by atoms with Gasteiger partial charge in [0, 0.05) is 31.5 Å². The molecule has 5 heteroatoms. The van der Waals surface area contributed by atoms with Crippen molar-refractivity contribution in [2.45, 2.75) is 32.4 Å². The maximum Gasteiger partial charge on any atom is 0.255 e. The molecule has 1 heterocycles. The molecule has 0 radical (unpaired) electrons. The summed E-state index contributed by atoms with van der Waals surface area (Å²) in [5.41, 5.74) is 1.95. The fraction of sp³-hybridized carbons (Fsp3) is 0.316. The van der Waals surface area contributed by atoms with Gasteiger partial charge in [-0.1, -0.05) is 30.3 Å². The molecule has 24 heavy (non-hydrogen) atoms. The number of hydrogen-bond acceptors (Lipinski definition) is 3. The average molecular weight is 323 g/mol. The Balaban J connectivity index is 1.73. The molecule has 1 aliphatic carbocycles. The van der Waals surface area contributed by atoms with E-state index in [0.717, 1.165) is 18.4 Å². The lowest BCUT2D eigenvalue weighted by molar-refractivity contribution is 0.0752. The number of aromatic nitrogens is 1. The van der Waals surface area contributed by atoms with Crippen LogP contribution in [0.15, 0.2) is 48.8 Å². The molecular formula is C19H21N3O2. The van der Waals surface area contributed by atoms with Crippen LogP contribution in [0.4, 0.5) is 0 Å². The first kappa shape index (κ1) is 16.2. The molecule has 0 aliphatic heterocycles. The van der Waals surface area contributed by atoms with Crippen molar-refractivity contribution in [2.24, 2.45) is 0 Å². The van der Waals surface area contributed by atoms with Gasteiger partial charge < -0.3 is 10.2 Å². The Morgan fingerprint density at radius 2 is 1.88 bits per heavy atom. The summed E-state index contributed by atoms with van der Waals surface area (Å²) in [4.78, 5) is 30.7. The Bertz CT molecular complexity index is 726. The number of hydrogen-bond donors (Lipinski definition) is 1. The second kappa shape index (κ2) is 7.25. The van der Waals surface area contributed by atoms with E-state index in [4.69, 9.17) is 0 Å². The second-order valence-corrected chi connectivity index (χ2v) is 6.01. The van der Waals surface area contributed by atoms with Crippen molar-refractivity contribution in [2.75, 3.05) is 6.54 Å². The Labute approximate surface area is 141 Å². The van der Waals surface area contributed by atoms with Crippen LogP contribution in [0.2, 0.25) is 0 Å². The quantitative estimate of drug-likeness (QED) is 0.889. The topological polar surface area (TPSA) is 62.3 Å². The van der Waals surface area contributed by atoms with Gasteiger partial charge in [-0.25, -0.2) is 0 Å². The Kier molecular flexibility index (Phi) is 4.89. The van der Waals surface area contributed by atoms with Gasteiger partial charge in [0.15, 0.2) is 0 Å². The largest absolute Gasteiger partial charge is 0.349 e. The van der Waals surface area contributed by atoms with Crippen LogP contribution in [0.25, 0.3) is 0 Å². The lowest BCUT2D eigenvalue weighted by Crippen LogP contribution is -2.31. The van der Waals surface area contributed by atoms with Crippen LogP contribution in [0.3, 0.4) is 0 Å². The fourth-order valence-electron chi connectivity index (χ4n) is 2.49. The van der Waals surface area contributed by atoms with Crippen molar-refractivity contribution in [1.82, 2.24) is 15.2 Å². The van der Waals surface area contributed by atoms with Gasteiger partial charge in [-0.2, -0.15) is 0 Å². The van der Waals surface area contributed by atoms with Gasteiger partial charge in [-0.3, -0.25) is 14.6 Å². The maximum atomic E-state index is 12.7. The van der Waals surface area contributed by atoms with E-state index in [2.05, 4.69) is 10.3 Å². The first-order valence-corrected chi connectivity index (χ1v) is 8.26. The minimum Gasteiger partial charge on any atom is -0.349 e. The highest BCUT2D eigenvalue weighted by molar-refractivity contribution is 5.99. The van der Waals surface area contributed by atoms with Crippen LogP contribution in [0.5, 0.6) is 0 Å². The normalized spacial score (nSPS) is 13.4. The van der Waals surface area contributed by atoms with Crippen LogP contribution in [-0.2, 0) is 6.54 Å². The van der Waals surface area contributed by atoms with Gasteiger partial charge in [0.25, 0.3) is 11.8 Å².